The summed E-state index contributed by atoms with van der Waals surface area (Å²) >= 11 is 1.52. The summed E-state index contributed by atoms with van der Waals surface area (Å²) in [4.78, 5) is 19.8. The third kappa shape index (κ3) is 4.62. The fraction of sp³-hybridized carbons (Fsp3) is 0.320. The molecule has 5 rings (SSSR count). The number of carbonyl (C=O) groups excluding carboxylic acids is 1. The van der Waals surface area contributed by atoms with Crippen molar-refractivity contribution in [3.05, 3.63) is 65.4 Å². The molecule has 1 atom stereocenters. The Morgan fingerprint density at radius 1 is 1.11 bits per heavy atom. The van der Waals surface area contributed by atoms with Gasteiger partial charge in [0.1, 0.15) is 0 Å². The van der Waals surface area contributed by atoms with Crippen LogP contribution in [-0.2, 0) is 11.0 Å². The van der Waals surface area contributed by atoms with Gasteiger partial charge in [0.05, 0.1) is 33.2 Å². The first-order chi connectivity index (χ1) is 16.7. The minimum Gasteiger partial charge on any atom is -0.347 e. The number of thiazole rings is 1. The smallest absolute Gasteiger partial charge is 0.347 e. The molecule has 1 aliphatic heterocycles. The molecule has 10 heteroatoms. The topological polar surface area (TPSA) is 63.1 Å². The van der Waals surface area contributed by atoms with Crippen LogP contribution in [0.4, 0.5) is 24.0 Å². The van der Waals surface area contributed by atoms with E-state index in [9.17, 15) is 18.0 Å². The number of nitrogens with zero attached hydrogens (tertiary/aromatic N) is 4. The van der Waals surface area contributed by atoms with Crippen molar-refractivity contribution in [2.24, 2.45) is 5.92 Å². The number of anilines is 2. The van der Waals surface area contributed by atoms with Gasteiger partial charge in [0, 0.05) is 13.1 Å². The Bertz CT molecular complexity index is 1380. The van der Waals surface area contributed by atoms with Gasteiger partial charge in [-0.1, -0.05) is 41.2 Å². The van der Waals surface area contributed by atoms with E-state index in [4.69, 9.17) is 4.98 Å². The van der Waals surface area contributed by atoms with E-state index >= 15 is 0 Å². The average molecular weight is 500 g/mol. The highest BCUT2D eigenvalue weighted by Crippen LogP contribution is 2.36. The van der Waals surface area contributed by atoms with Gasteiger partial charge in [-0.3, -0.25) is 4.79 Å². The number of hydrogen-bond donors (Lipinski definition) is 1. The molecule has 182 valence electrons. The lowest BCUT2D eigenvalue weighted by molar-refractivity contribution is -0.137. The molecule has 3 heterocycles. The Hall–Kier alpha value is -3.40. The summed E-state index contributed by atoms with van der Waals surface area (Å²) in [5.74, 6) is -0.846. The van der Waals surface area contributed by atoms with Crippen LogP contribution < -0.4 is 10.2 Å². The first-order valence-corrected chi connectivity index (χ1v) is 12.2. The van der Waals surface area contributed by atoms with E-state index in [1.165, 1.54) is 29.5 Å². The number of rotatable bonds is 4. The van der Waals surface area contributed by atoms with Crippen LogP contribution >= 0.6 is 11.3 Å². The highest BCUT2D eigenvalue weighted by atomic mass is 32.1. The molecule has 0 spiro atoms. The molecule has 0 aliphatic carbocycles. The summed E-state index contributed by atoms with van der Waals surface area (Å²) in [6.45, 7) is 5.10. The molecule has 1 saturated heterocycles. The summed E-state index contributed by atoms with van der Waals surface area (Å²) in [6, 6.07) is 13.1. The van der Waals surface area contributed by atoms with Gasteiger partial charge in [-0.15, -0.1) is 0 Å². The van der Waals surface area contributed by atoms with Crippen LogP contribution in [0.1, 0.15) is 29.7 Å². The van der Waals surface area contributed by atoms with Crippen LogP contribution in [-0.4, -0.2) is 33.8 Å². The summed E-state index contributed by atoms with van der Waals surface area (Å²) in [7, 11) is 0. The summed E-state index contributed by atoms with van der Waals surface area (Å²) < 4.78 is 42.8. The molecule has 1 N–H and O–H groups in total. The number of piperidine rings is 1. The van der Waals surface area contributed by atoms with E-state index in [1.54, 1.807) is 0 Å². The van der Waals surface area contributed by atoms with Gasteiger partial charge in [-0.25, -0.2) is 4.68 Å². The Labute approximate surface area is 204 Å². The number of alkyl halides is 3. The SMILES string of the molecule is Cc1ccc(-n2nc(C)c3sc(N4CCC[C@@H](C(=O)Nc5ccccc5C(F)(F)F)C4)nc32)cc1. The number of nitrogens with one attached hydrogen (secondary N) is 1. The van der Waals surface area contributed by atoms with Gasteiger partial charge in [0.25, 0.3) is 0 Å². The summed E-state index contributed by atoms with van der Waals surface area (Å²) in [5.41, 5.74) is 2.66. The second-order valence-corrected chi connectivity index (χ2v) is 9.78. The first kappa shape index (κ1) is 23.3. The molecule has 1 fully saturated rings. The van der Waals surface area contributed by atoms with Crippen molar-refractivity contribution in [2.75, 3.05) is 23.3 Å². The number of hydrogen-bond acceptors (Lipinski definition) is 5. The normalized spacial score (nSPS) is 16.6. The maximum atomic E-state index is 13.3. The van der Waals surface area contributed by atoms with Gasteiger partial charge in [-0.2, -0.15) is 23.3 Å². The van der Waals surface area contributed by atoms with Crippen molar-refractivity contribution in [3.63, 3.8) is 0 Å². The Morgan fingerprint density at radius 3 is 2.60 bits per heavy atom. The quantitative estimate of drug-likeness (QED) is 0.376. The van der Waals surface area contributed by atoms with Crippen LogP contribution in [0.5, 0.6) is 0 Å². The molecule has 2 aromatic heterocycles. The lowest BCUT2D eigenvalue weighted by atomic mass is 9.97. The molecular formula is C25H24F3N5OS. The van der Waals surface area contributed by atoms with E-state index in [2.05, 4.69) is 10.4 Å². The molecule has 1 amide bonds. The van der Waals surface area contributed by atoms with Gasteiger partial charge >= 0.3 is 6.18 Å². The zero-order valence-electron chi connectivity index (χ0n) is 19.3. The van der Waals surface area contributed by atoms with Crippen LogP contribution in [0, 0.1) is 19.8 Å². The zero-order chi connectivity index (χ0) is 24.7. The van der Waals surface area contributed by atoms with Crippen molar-refractivity contribution in [2.45, 2.75) is 32.9 Å². The van der Waals surface area contributed by atoms with Crippen LogP contribution in [0.3, 0.4) is 0 Å². The summed E-state index contributed by atoms with van der Waals surface area (Å²) in [5, 5.41) is 7.94. The van der Waals surface area contributed by atoms with Crippen molar-refractivity contribution < 1.29 is 18.0 Å². The van der Waals surface area contributed by atoms with E-state index in [1.807, 2.05) is 47.7 Å². The molecule has 6 nitrogen and oxygen atoms in total. The standard InChI is InChI=1S/C25H24F3N5OS/c1-15-9-11-18(12-10-15)33-22-21(16(2)31-33)35-24(30-22)32-13-5-6-17(14-32)23(34)29-20-8-4-3-7-19(20)25(26,27)28/h3-4,7-12,17H,5-6,13-14H2,1-2H3,(H,29,34)/t17-/m1/s1. The average Bonchev–Trinajstić information content (AvgIpc) is 3.40. The molecule has 2 aromatic carbocycles. The number of amides is 1. The minimum atomic E-state index is -4.54. The second kappa shape index (κ2) is 8.99. The number of benzene rings is 2. The van der Waals surface area contributed by atoms with Crippen LogP contribution in [0.15, 0.2) is 48.5 Å². The van der Waals surface area contributed by atoms with Gasteiger partial charge in [0.15, 0.2) is 10.8 Å². The van der Waals surface area contributed by atoms with Crippen molar-refractivity contribution >= 4 is 38.4 Å². The predicted molar refractivity (Wildman–Crippen MR) is 131 cm³/mol. The van der Waals surface area contributed by atoms with Crippen LogP contribution in [0.2, 0.25) is 0 Å². The molecular weight excluding hydrogens is 475 g/mol. The molecule has 0 bridgehead atoms. The van der Waals surface area contributed by atoms with Gasteiger partial charge in [-0.05, 0) is 51.0 Å². The summed E-state index contributed by atoms with van der Waals surface area (Å²) in [6.07, 6.45) is -3.18. The number of aryl methyl sites for hydroxylation is 2. The fourth-order valence-corrected chi connectivity index (χ4v) is 5.38. The Balaban J connectivity index is 1.37. The minimum absolute atomic E-state index is 0.212. The highest BCUT2D eigenvalue weighted by molar-refractivity contribution is 7.22. The predicted octanol–water partition coefficient (Wildman–Crippen LogP) is 5.97. The lowest BCUT2D eigenvalue weighted by Crippen LogP contribution is -2.41. The van der Waals surface area contributed by atoms with Crippen molar-refractivity contribution in [3.8, 4) is 5.69 Å². The van der Waals surface area contributed by atoms with Crippen molar-refractivity contribution in [1.29, 1.82) is 0 Å². The third-order valence-corrected chi connectivity index (χ3v) is 7.42. The van der Waals surface area contributed by atoms with Gasteiger partial charge in [0.2, 0.25) is 5.91 Å². The monoisotopic (exact) mass is 499 g/mol. The number of para-hydroxylation sites is 1. The Kier molecular flexibility index (Phi) is 6.00. The second-order valence-electron chi connectivity index (χ2n) is 8.80. The Morgan fingerprint density at radius 2 is 1.86 bits per heavy atom. The van der Waals surface area contributed by atoms with E-state index in [-0.39, 0.29) is 5.69 Å². The molecule has 0 unspecified atom stereocenters. The lowest BCUT2D eigenvalue weighted by Gasteiger charge is -2.31. The number of carbonyl (C=O) groups is 1. The molecule has 1 aliphatic rings. The highest BCUT2D eigenvalue weighted by Gasteiger charge is 2.35. The van der Waals surface area contributed by atoms with E-state index < -0.39 is 23.6 Å². The third-order valence-electron chi connectivity index (χ3n) is 6.21. The molecule has 0 radical (unpaired) electrons. The maximum Gasteiger partial charge on any atom is 0.418 e. The van der Waals surface area contributed by atoms with E-state index in [0.717, 1.165) is 51.5 Å². The van der Waals surface area contributed by atoms with Crippen LogP contribution in [0.25, 0.3) is 16.0 Å². The van der Waals surface area contributed by atoms with E-state index in [0.29, 0.717) is 13.0 Å². The largest absolute Gasteiger partial charge is 0.418 e. The molecule has 4 aromatic rings. The maximum absolute atomic E-state index is 13.3. The molecule has 35 heavy (non-hydrogen) atoms. The zero-order valence-corrected chi connectivity index (χ0v) is 20.1. The fourth-order valence-electron chi connectivity index (χ4n) is 4.36. The number of fused-ring (bicyclic) bond motifs is 1. The number of halogens is 3. The molecule has 0 saturated carbocycles. The number of aromatic nitrogens is 3. The first-order valence-electron chi connectivity index (χ1n) is 11.4. The van der Waals surface area contributed by atoms with Crippen molar-refractivity contribution in [1.82, 2.24) is 14.8 Å². The van der Waals surface area contributed by atoms with Gasteiger partial charge < -0.3 is 10.2 Å².